The number of aliphatic hydroxyl groups excluding tert-OH is 1. The van der Waals surface area contributed by atoms with Gasteiger partial charge in [0.1, 0.15) is 18.8 Å². The van der Waals surface area contributed by atoms with Crippen LogP contribution >= 0.6 is 0 Å². The van der Waals surface area contributed by atoms with Gasteiger partial charge in [0.25, 0.3) is 0 Å². The summed E-state index contributed by atoms with van der Waals surface area (Å²) in [4.78, 5) is 36.1. The topological polar surface area (TPSA) is 111 Å². The van der Waals surface area contributed by atoms with Gasteiger partial charge in [-0.1, -0.05) is 36.4 Å². The second-order valence-electron chi connectivity index (χ2n) is 6.88. The SMILES string of the molecule is CC(=O)NC1C(O)OC(COC(=O)c2ccccc2)CC1OC(=O)c1ccccc1. The fourth-order valence-electron chi connectivity index (χ4n) is 3.16. The van der Waals surface area contributed by atoms with Crippen LogP contribution in [0, 0.1) is 0 Å². The van der Waals surface area contributed by atoms with Gasteiger partial charge >= 0.3 is 11.9 Å². The minimum absolute atomic E-state index is 0.128. The highest BCUT2D eigenvalue weighted by atomic mass is 16.6. The molecule has 2 aromatic carbocycles. The zero-order chi connectivity index (χ0) is 21.5. The van der Waals surface area contributed by atoms with Gasteiger partial charge < -0.3 is 24.6 Å². The van der Waals surface area contributed by atoms with E-state index in [2.05, 4.69) is 5.32 Å². The molecule has 0 spiro atoms. The highest BCUT2D eigenvalue weighted by molar-refractivity contribution is 5.90. The van der Waals surface area contributed by atoms with Crippen molar-refractivity contribution < 1.29 is 33.7 Å². The fraction of sp³-hybridized carbons (Fsp3) is 0.318. The molecule has 158 valence electrons. The van der Waals surface area contributed by atoms with Crippen LogP contribution in [0.1, 0.15) is 34.1 Å². The molecule has 0 aliphatic carbocycles. The number of hydrogen-bond acceptors (Lipinski definition) is 7. The Kier molecular flexibility index (Phi) is 7.16. The van der Waals surface area contributed by atoms with Crippen molar-refractivity contribution in [1.82, 2.24) is 5.32 Å². The zero-order valence-electron chi connectivity index (χ0n) is 16.4. The van der Waals surface area contributed by atoms with Gasteiger partial charge in [-0.05, 0) is 24.3 Å². The third kappa shape index (κ3) is 5.65. The molecule has 1 aliphatic heterocycles. The number of nitrogens with one attached hydrogen (secondary N) is 1. The van der Waals surface area contributed by atoms with Crippen molar-refractivity contribution in [2.45, 2.75) is 37.9 Å². The van der Waals surface area contributed by atoms with Crippen molar-refractivity contribution in [3.8, 4) is 0 Å². The van der Waals surface area contributed by atoms with Crippen molar-refractivity contribution in [2.75, 3.05) is 6.61 Å². The van der Waals surface area contributed by atoms with E-state index in [1.54, 1.807) is 60.7 Å². The lowest BCUT2D eigenvalue weighted by Gasteiger charge is -2.38. The van der Waals surface area contributed by atoms with Gasteiger partial charge in [-0.3, -0.25) is 4.79 Å². The van der Waals surface area contributed by atoms with Gasteiger partial charge in [0.15, 0.2) is 6.29 Å². The molecular formula is C22H23NO7. The molecule has 3 rings (SSSR count). The van der Waals surface area contributed by atoms with Crippen LogP contribution < -0.4 is 5.32 Å². The van der Waals surface area contributed by atoms with Crippen molar-refractivity contribution in [1.29, 1.82) is 0 Å². The molecule has 1 amide bonds. The van der Waals surface area contributed by atoms with Crippen LogP contribution in [0.25, 0.3) is 0 Å². The maximum Gasteiger partial charge on any atom is 0.338 e. The van der Waals surface area contributed by atoms with E-state index >= 15 is 0 Å². The van der Waals surface area contributed by atoms with Gasteiger partial charge in [-0.25, -0.2) is 9.59 Å². The first-order valence-electron chi connectivity index (χ1n) is 9.53. The molecule has 8 heteroatoms. The number of rotatable bonds is 6. The fourth-order valence-corrected chi connectivity index (χ4v) is 3.16. The second kappa shape index (κ2) is 10.00. The van der Waals surface area contributed by atoms with Crippen LogP contribution in [0.5, 0.6) is 0 Å². The largest absolute Gasteiger partial charge is 0.459 e. The highest BCUT2D eigenvalue weighted by Gasteiger charge is 2.41. The summed E-state index contributed by atoms with van der Waals surface area (Å²) in [5.41, 5.74) is 0.726. The van der Waals surface area contributed by atoms with Gasteiger partial charge in [-0.2, -0.15) is 0 Å². The first-order valence-corrected chi connectivity index (χ1v) is 9.53. The van der Waals surface area contributed by atoms with E-state index in [-0.39, 0.29) is 13.0 Å². The first-order chi connectivity index (χ1) is 14.4. The van der Waals surface area contributed by atoms with E-state index in [9.17, 15) is 19.5 Å². The number of hydrogen-bond donors (Lipinski definition) is 2. The summed E-state index contributed by atoms with van der Waals surface area (Å²) < 4.78 is 16.3. The van der Waals surface area contributed by atoms with Gasteiger partial charge in [0, 0.05) is 13.3 Å². The van der Waals surface area contributed by atoms with Crippen molar-refractivity contribution >= 4 is 17.8 Å². The molecule has 2 aromatic rings. The Hall–Kier alpha value is -3.23. The average Bonchev–Trinajstić information content (AvgIpc) is 2.75. The molecule has 1 heterocycles. The van der Waals surface area contributed by atoms with Crippen molar-refractivity contribution in [3.63, 3.8) is 0 Å². The molecule has 1 aliphatic rings. The van der Waals surface area contributed by atoms with Crippen molar-refractivity contribution in [2.24, 2.45) is 0 Å². The molecule has 4 unspecified atom stereocenters. The zero-order valence-corrected chi connectivity index (χ0v) is 16.4. The molecule has 8 nitrogen and oxygen atoms in total. The molecule has 0 saturated carbocycles. The normalized spacial score (nSPS) is 23.3. The number of esters is 2. The van der Waals surface area contributed by atoms with Crippen LogP contribution in [0.4, 0.5) is 0 Å². The summed E-state index contributed by atoms with van der Waals surface area (Å²) in [5, 5.41) is 12.9. The van der Waals surface area contributed by atoms with Crippen LogP contribution in [-0.2, 0) is 19.0 Å². The quantitative estimate of drug-likeness (QED) is 0.693. The van der Waals surface area contributed by atoms with Crippen LogP contribution in [-0.4, -0.2) is 54.1 Å². The molecular weight excluding hydrogens is 390 g/mol. The summed E-state index contributed by atoms with van der Waals surface area (Å²) in [6, 6.07) is 15.9. The Morgan fingerprint density at radius 1 is 1.00 bits per heavy atom. The van der Waals surface area contributed by atoms with E-state index in [0.717, 1.165) is 0 Å². The molecule has 4 atom stereocenters. The lowest BCUT2D eigenvalue weighted by molar-refractivity contribution is -0.214. The monoisotopic (exact) mass is 413 g/mol. The molecule has 30 heavy (non-hydrogen) atoms. The summed E-state index contributed by atoms with van der Waals surface area (Å²) >= 11 is 0. The number of benzene rings is 2. The van der Waals surface area contributed by atoms with Gasteiger partial charge in [0.2, 0.25) is 5.91 Å². The third-order valence-corrected chi connectivity index (χ3v) is 4.58. The molecule has 1 fully saturated rings. The standard InChI is InChI=1S/C22H23NO7/c1-14(24)23-19-18(30-21(26)16-10-6-3-7-11-16)12-17(29-22(19)27)13-28-20(25)15-8-4-2-5-9-15/h2-11,17-19,22,27H,12-13H2,1H3,(H,23,24). The summed E-state index contributed by atoms with van der Waals surface area (Å²) in [6.07, 6.45) is -2.89. The Morgan fingerprint density at radius 3 is 2.13 bits per heavy atom. The Balaban J connectivity index is 1.66. The molecule has 1 saturated heterocycles. The smallest absolute Gasteiger partial charge is 0.338 e. The third-order valence-electron chi connectivity index (χ3n) is 4.58. The van der Waals surface area contributed by atoms with Crippen LogP contribution in [0.2, 0.25) is 0 Å². The average molecular weight is 413 g/mol. The number of carbonyl (C=O) groups is 3. The highest BCUT2D eigenvalue weighted by Crippen LogP contribution is 2.23. The van der Waals surface area contributed by atoms with E-state index in [0.29, 0.717) is 11.1 Å². The summed E-state index contributed by atoms with van der Waals surface area (Å²) in [7, 11) is 0. The van der Waals surface area contributed by atoms with E-state index in [1.807, 2.05) is 0 Å². The number of carbonyl (C=O) groups excluding carboxylic acids is 3. The molecule has 0 radical (unpaired) electrons. The number of aliphatic hydroxyl groups is 1. The lowest BCUT2D eigenvalue weighted by Crippen LogP contribution is -2.58. The second-order valence-corrected chi connectivity index (χ2v) is 6.88. The lowest BCUT2D eigenvalue weighted by atomic mass is 9.99. The molecule has 0 bridgehead atoms. The van der Waals surface area contributed by atoms with Crippen molar-refractivity contribution in [3.05, 3.63) is 71.8 Å². The Bertz CT molecular complexity index is 872. The first kappa shape index (κ1) is 21.5. The van der Waals surface area contributed by atoms with E-state index < -0.39 is 42.4 Å². The summed E-state index contributed by atoms with van der Waals surface area (Å²) in [6.45, 7) is 1.15. The number of ether oxygens (including phenoxy) is 3. The van der Waals surface area contributed by atoms with Crippen LogP contribution in [0.15, 0.2) is 60.7 Å². The number of amides is 1. The predicted molar refractivity (Wildman–Crippen MR) is 105 cm³/mol. The minimum atomic E-state index is -1.43. The van der Waals surface area contributed by atoms with E-state index in [4.69, 9.17) is 14.2 Å². The Labute approximate surface area is 173 Å². The Morgan fingerprint density at radius 2 is 1.57 bits per heavy atom. The maximum absolute atomic E-state index is 12.5. The van der Waals surface area contributed by atoms with Gasteiger partial charge in [0.05, 0.1) is 17.2 Å². The maximum atomic E-state index is 12.5. The molecule has 0 aromatic heterocycles. The van der Waals surface area contributed by atoms with E-state index in [1.165, 1.54) is 6.92 Å². The summed E-state index contributed by atoms with van der Waals surface area (Å²) in [5.74, 6) is -1.53. The van der Waals surface area contributed by atoms with Crippen LogP contribution in [0.3, 0.4) is 0 Å². The molecule has 2 N–H and O–H groups in total. The predicted octanol–water partition coefficient (Wildman–Crippen LogP) is 1.68. The minimum Gasteiger partial charge on any atom is -0.459 e. The van der Waals surface area contributed by atoms with Gasteiger partial charge in [-0.15, -0.1) is 0 Å².